The van der Waals surface area contributed by atoms with Crippen molar-refractivity contribution in [3.05, 3.63) is 0 Å². The molecule has 0 aliphatic carbocycles. The Balaban J connectivity index is 2.18. The fraction of sp³-hybridized carbons (Fsp3) is 0.857. The van der Waals surface area contributed by atoms with Gasteiger partial charge in [-0.05, 0) is 25.1 Å². The summed E-state index contributed by atoms with van der Waals surface area (Å²) < 4.78 is 0. The van der Waals surface area contributed by atoms with Crippen LogP contribution in [0.5, 0.6) is 0 Å². The minimum Gasteiger partial charge on any atom is -0.363 e. The molecule has 0 bridgehead atoms. The van der Waals surface area contributed by atoms with Crippen molar-refractivity contribution in [3.63, 3.8) is 0 Å². The van der Waals surface area contributed by atoms with E-state index in [2.05, 4.69) is 24.1 Å². The SMILES string of the molecule is CCNC(=S)N1CC(C)C1. The van der Waals surface area contributed by atoms with Crippen molar-refractivity contribution in [2.75, 3.05) is 19.6 Å². The second kappa shape index (κ2) is 3.19. The molecule has 3 heteroatoms. The lowest BCUT2D eigenvalue weighted by atomic mass is 10.0. The van der Waals surface area contributed by atoms with Crippen molar-refractivity contribution in [1.82, 2.24) is 10.2 Å². The van der Waals surface area contributed by atoms with E-state index in [-0.39, 0.29) is 0 Å². The lowest BCUT2D eigenvalue weighted by molar-refractivity contribution is 0.203. The quantitative estimate of drug-likeness (QED) is 0.569. The maximum Gasteiger partial charge on any atom is 0.168 e. The molecule has 1 saturated heterocycles. The van der Waals surface area contributed by atoms with E-state index in [9.17, 15) is 0 Å². The normalized spacial score (nSPS) is 18.4. The summed E-state index contributed by atoms with van der Waals surface area (Å²) in [5.74, 6) is 0.830. The maximum absolute atomic E-state index is 5.09. The summed E-state index contributed by atoms with van der Waals surface area (Å²) in [6.07, 6.45) is 0. The summed E-state index contributed by atoms with van der Waals surface area (Å²) in [7, 11) is 0. The zero-order chi connectivity index (χ0) is 7.56. The van der Waals surface area contributed by atoms with Gasteiger partial charge in [0.25, 0.3) is 0 Å². The van der Waals surface area contributed by atoms with Crippen LogP contribution in [0.4, 0.5) is 0 Å². The standard InChI is InChI=1S/C7H14N2S/c1-3-8-7(10)9-4-6(2)5-9/h6H,3-5H2,1-2H3,(H,8,10). The van der Waals surface area contributed by atoms with Gasteiger partial charge in [-0.2, -0.15) is 0 Å². The van der Waals surface area contributed by atoms with Gasteiger partial charge in [0.05, 0.1) is 0 Å². The van der Waals surface area contributed by atoms with Gasteiger partial charge in [-0.25, -0.2) is 0 Å². The Morgan fingerprint density at radius 2 is 2.30 bits per heavy atom. The average molecular weight is 158 g/mol. The molecule has 10 heavy (non-hydrogen) atoms. The topological polar surface area (TPSA) is 15.3 Å². The van der Waals surface area contributed by atoms with E-state index in [0.717, 1.165) is 30.7 Å². The summed E-state index contributed by atoms with van der Waals surface area (Å²) >= 11 is 5.09. The summed E-state index contributed by atoms with van der Waals surface area (Å²) in [4.78, 5) is 2.20. The van der Waals surface area contributed by atoms with E-state index in [4.69, 9.17) is 12.2 Å². The van der Waals surface area contributed by atoms with Crippen LogP contribution in [0.2, 0.25) is 0 Å². The molecule has 1 fully saturated rings. The molecule has 0 aromatic heterocycles. The minimum absolute atomic E-state index is 0.830. The van der Waals surface area contributed by atoms with Gasteiger partial charge < -0.3 is 10.2 Å². The molecule has 0 atom stereocenters. The van der Waals surface area contributed by atoms with Crippen LogP contribution in [-0.2, 0) is 0 Å². The monoisotopic (exact) mass is 158 g/mol. The number of nitrogens with one attached hydrogen (secondary N) is 1. The van der Waals surface area contributed by atoms with Crippen LogP contribution in [-0.4, -0.2) is 29.6 Å². The van der Waals surface area contributed by atoms with Gasteiger partial charge in [0.1, 0.15) is 0 Å². The number of nitrogens with zero attached hydrogens (tertiary/aromatic N) is 1. The van der Waals surface area contributed by atoms with Crippen LogP contribution in [0.25, 0.3) is 0 Å². The van der Waals surface area contributed by atoms with E-state index >= 15 is 0 Å². The third-order valence-corrected chi connectivity index (χ3v) is 2.08. The zero-order valence-electron chi connectivity index (χ0n) is 6.55. The van der Waals surface area contributed by atoms with Crippen LogP contribution in [0.3, 0.4) is 0 Å². The fourth-order valence-corrected chi connectivity index (χ4v) is 1.42. The third-order valence-electron chi connectivity index (χ3n) is 1.68. The smallest absolute Gasteiger partial charge is 0.168 e. The number of thiocarbonyl (C=S) groups is 1. The van der Waals surface area contributed by atoms with Crippen LogP contribution in [0, 0.1) is 5.92 Å². The molecule has 0 unspecified atom stereocenters. The second-order valence-electron chi connectivity index (χ2n) is 2.85. The van der Waals surface area contributed by atoms with Gasteiger partial charge in [0, 0.05) is 19.6 Å². The van der Waals surface area contributed by atoms with Gasteiger partial charge in [0.15, 0.2) is 5.11 Å². The Morgan fingerprint density at radius 1 is 1.70 bits per heavy atom. The van der Waals surface area contributed by atoms with Crippen LogP contribution >= 0.6 is 12.2 Å². The molecule has 0 aromatic carbocycles. The van der Waals surface area contributed by atoms with Gasteiger partial charge in [0.2, 0.25) is 0 Å². The summed E-state index contributed by atoms with van der Waals surface area (Å²) in [6, 6.07) is 0. The molecule has 58 valence electrons. The molecule has 0 aromatic rings. The second-order valence-corrected chi connectivity index (χ2v) is 3.23. The zero-order valence-corrected chi connectivity index (χ0v) is 7.37. The summed E-state index contributed by atoms with van der Waals surface area (Å²) in [5.41, 5.74) is 0. The molecule has 1 aliphatic rings. The number of likely N-dealkylation sites (tertiary alicyclic amines) is 1. The van der Waals surface area contributed by atoms with Crippen molar-refractivity contribution < 1.29 is 0 Å². The van der Waals surface area contributed by atoms with E-state index in [1.54, 1.807) is 0 Å². The highest BCUT2D eigenvalue weighted by Crippen LogP contribution is 2.13. The first-order valence-electron chi connectivity index (χ1n) is 3.76. The van der Waals surface area contributed by atoms with Crippen LogP contribution in [0.15, 0.2) is 0 Å². The summed E-state index contributed by atoms with van der Waals surface area (Å²) in [6.45, 7) is 7.50. The van der Waals surface area contributed by atoms with Crippen molar-refractivity contribution >= 4 is 17.3 Å². The molecule has 2 nitrogen and oxygen atoms in total. The van der Waals surface area contributed by atoms with Gasteiger partial charge in [-0.1, -0.05) is 6.92 Å². The Hall–Kier alpha value is -0.310. The first-order chi connectivity index (χ1) is 4.74. The number of hydrogen-bond acceptors (Lipinski definition) is 1. The largest absolute Gasteiger partial charge is 0.363 e. The lowest BCUT2D eigenvalue weighted by Crippen LogP contribution is -2.52. The van der Waals surface area contributed by atoms with Crippen molar-refractivity contribution in [1.29, 1.82) is 0 Å². The molecule has 1 heterocycles. The van der Waals surface area contributed by atoms with Gasteiger partial charge >= 0.3 is 0 Å². The Morgan fingerprint density at radius 3 is 2.70 bits per heavy atom. The third kappa shape index (κ3) is 1.59. The minimum atomic E-state index is 0.830. The van der Waals surface area contributed by atoms with Crippen molar-refractivity contribution in [3.8, 4) is 0 Å². The molecular weight excluding hydrogens is 144 g/mol. The highest BCUT2D eigenvalue weighted by Gasteiger charge is 2.23. The Bertz CT molecular complexity index is 130. The predicted molar refractivity (Wildman–Crippen MR) is 47.0 cm³/mol. The first-order valence-corrected chi connectivity index (χ1v) is 4.17. The van der Waals surface area contributed by atoms with Crippen LogP contribution < -0.4 is 5.32 Å². The Labute approximate surface area is 67.6 Å². The first kappa shape index (κ1) is 7.79. The molecule has 0 saturated carbocycles. The van der Waals surface area contributed by atoms with E-state index in [1.807, 2.05) is 0 Å². The van der Waals surface area contributed by atoms with Gasteiger partial charge in [-0.15, -0.1) is 0 Å². The number of rotatable bonds is 1. The molecular formula is C7H14N2S. The van der Waals surface area contributed by atoms with Crippen molar-refractivity contribution in [2.45, 2.75) is 13.8 Å². The molecule has 1 N–H and O–H groups in total. The average Bonchev–Trinajstić information content (AvgIpc) is 1.82. The highest BCUT2D eigenvalue weighted by atomic mass is 32.1. The molecule has 0 amide bonds. The molecule has 0 spiro atoms. The summed E-state index contributed by atoms with van der Waals surface area (Å²) in [5, 5.41) is 4.04. The van der Waals surface area contributed by atoms with E-state index < -0.39 is 0 Å². The highest BCUT2D eigenvalue weighted by molar-refractivity contribution is 7.80. The lowest BCUT2D eigenvalue weighted by Gasteiger charge is -2.39. The Kier molecular flexibility index (Phi) is 2.49. The van der Waals surface area contributed by atoms with E-state index in [1.165, 1.54) is 0 Å². The predicted octanol–water partition coefficient (Wildman–Crippen LogP) is 0.833. The molecule has 1 aliphatic heterocycles. The fourth-order valence-electron chi connectivity index (χ4n) is 1.13. The van der Waals surface area contributed by atoms with Gasteiger partial charge in [-0.3, -0.25) is 0 Å². The maximum atomic E-state index is 5.09. The molecule has 1 rings (SSSR count). The van der Waals surface area contributed by atoms with E-state index in [0.29, 0.717) is 0 Å². The van der Waals surface area contributed by atoms with Crippen LogP contribution in [0.1, 0.15) is 13.8 Å². The van der Waals surface area contributed by atoms with Crippen molar-refractivity contribution in [2.24, 2.45) is 5.92 Å². The number of hydrogen-bond donors (Lipinski definition) is 1. The molecule has 0 radical (unpaired) electrons.